The summed E-state index contributed by atoms with van der Waals surface area (Å²) in [5.74, 6) is 0.880. The smallest absolute Gasteiger partial charge is 0.261 e. The molecule has 2 nitrogen and oxygen atoms in total. The van der Waals surface area contributed by atoms with E-state index in [1.807, 2.05) is 11.4 Å². The number of fused-ring (bicyclic) bond motifs is 1. The number of carbonyl (C=O) groups is 1. The highest BCUT2D eigenvalue weighted by Gasteiger charge is 2.21. The van der Waals surface area contributed by atoms with Crippen LogP contribution in [0.2, 0.25) is 0 Å². The molecule has 0 saturated carbocycles. The number of thiophene rings is 2. The highest BCUT2D eigenvalue weighted by Crippen LogP contribution is 2.33. The normalized spacial score (nSPS) is 17.8. The summed E-state index contributed by atoms with van der Waals surface area (Å²) < 4.78 is 0. The van der Waals surface area contributed by atoms with E-state index in [2.05, 4.69) is 24.4 Å². The maximum absolute atomic E-state index is 12.2. The maximum atomic E-state index is 12.2. The summed E-state index contributed by atoms with van der Waals surface area (Å²) in [6.45, 7) is 2.90. The lowest BCUT2D eigenvalue weighted by Crippen LogP contribution is -2.21. The number of carbonyl (C=O) groups excluding carboxylic acids is 1. The molecule has 106 valence electrons. The van der Waals surface area contributed by atoms with Gasteiger partial charge < -0.3 is 5.32 Å². The van der Waals surface area contributed by atoms with Gasteiger partial charge in [0.2, 0.25) is 0 Å². The molecule has 0 radical (unpaired) electrons. The second-order valence-electron chi connectivity index (χ2n) is 5.34. The lowest BCUT2D eigenvalue weighted by Gasteiger charge is -2.19. The van der Waals surface area contributed by atoms with Crippen LogP contribution in [0, 0.1) is 5.92 Å². The first kappa shape index (κ1) is 13.8. The first-order valence-electron chi connectivity index (χ1n) is 7.18. The zero-order valence-electron chi connectivity index (χ0n) is 11.6. The molecule has 20 heavy (non-hydrogen) atoms. The Morgan fingerprint density at radius 3 is 3.15 bits per heavy atom. The predicted octanol–water partition coefficient (Wildman–Crippen LogP) is 4.25. The number of hydrogen-bond acceptors (Lipinski definition) is 3. The van der Waals surface area contributed by atoms with Crippen LogP contribution in [0.4, 0.5) is 0 Å². The lowest BCUT2D eigenvalue weighted by atomic mass is 9.87. The third-order valence-corrected chi connectivity index (χ3v) is 6.10. The molecule has 0 spiro atoms. The van der Waals surface area contributed by atoms with Crippen LogP contribution < -0.4 is 5.32 Å². The van der Waals surface area contributed by atoms with Crippen molar-refractivity contribution < 1.29 is 4.79 Å². The molecular weight excluding hydrogens is 286 g/mol. The van der Waals surface area contributed by atoms with Crippen LogP contribution >= 0.6 is 22.7 Å². The summed E-state index contributed by atoms with van der Waals surface area (Å²) in [4.78, 5) is 15.7. The van der Waals surface area contributed by atoms with Gasteiger partial charge in [-0.15, -0.1) is 22.7 Å². The summed E-state index contributed by atoms with van der Waals surface area (Å²) in [5.41, 5.74) is 1.41. The molecule has 0 aliphatic heterocycles. The summed E-state index contributed by atoms with van der Waals surface area (Å²) in [6, 6.07) is 6.18. The Bertz CT molecular complexity index is 586. The second-order valence-corrected chi connectivity index (χ2v) is 7.51. The van der Waals surface area contributed by atoms with Crippen molar-refractivity contribution in [2.45, 2.75) is 39.2 Å². The first-order valence-corrected chi connectivity index (χ1v) is 8.88. The molecule has 1 N–H and O–H groups in total. The summed E-state index contributed by atoms with van der Waals surface area (Å²) in [5, 5.41) is 5.06. The van der Waals surface area contributed by atoms with Gasteiger partial charge >= 0.3 is 0 Å². The fourth-order valence-electron chi connectivity index (χ4n) is 2.73. The van der Waals surface area contributed by atoms with Crippen molar-refractivity contribution in [2.24, 2.45) is 5.92 Å². The molecule has 0 saturated heterocycles. The molecule has 1 atom stereocenters. The molecule has 2 aromatic rings. The van der Waals surface area contributed by atoms with E-state index in [-0.39, 0.29) is 5.91 Å². The van der Waals surface area contributed by atoms with E-state index in [1.54, 1.807) is 22.7 Å². The molecule has 1 aliphatic carbocycles. The van der Waals surface area contributed by atoms with Crippen molar-refractivity contribution in [1.82, 2.24) is 5.32 Å². The van der Waals surface area contributed by atoms with Crippen LogP contribution in [-0.2, 0) is 19.4 Å². The van der Waals surface area contributed by atoms with Gasteiger partial charge in [-0.05, 0) is 48.3 Å². The monoisotopic (exact) mass is 305 g/mol. The number of hydrogen-bond donors (Lipinski definition) is 1. The van der Waals surface area contributed by atoms with Gasteiger partial charge in [-0.2, -0.15) is 0 Å². The zero-order valence-corrected chi connectivity index (χ0v) is 13.3. The first-order chi connectivity index (χ1) is 9.76. The molecule has 0 unspecified atom stereocenters. The third-order valence-electron chi connectivity index (χ3n) is 3.99. The van der Waals surface area contributed by atoms with Crippen LogP contribution in [0.1, 0.15) is 44.8 Å². The predicted molar refractivity (Wildman–Crippen MR) is 85.6 cm³/mol. The average molecular weight is 305 g/mol. The van der Waals surface area contributed by atoms with Crippen molar-refractivity contribution in [3.63, 3.8) is 0 Å². The molecule has 1 aliphatic rings. The van der Waals surface area contributed by atoms with Crippen LogP contribution in [0.5, 0.6) is 0 Å². The van der Waals surface area contributed by atoms with Crippen molar-refractivity contribution in [3.05, 3.63) is 43.8 Å². The highest BCUT2D eigenvalue weighted by molar-refractivity contribution is 7.14. The van der Waals surface area contributed by atoms with E-state index >= 15 is 0 Å². The number of amides is 1. The van der Waals surface area contributed by atoms with Gasteiger partial charge in [-0.3, -0.25) is 4.79 Å². The van der Waals surface area contributed by atoms with E-state index in [1.165, 1.54) is 28.2 Å². The van der Waals surface area contributed by atoms with E-state index < -0.39 is 0 Å². The summed E-state index contributed by atoms with van der Waals surface area (Å²) in [7, 11) is 0. The Balaban J connectivity index is 1.65. The van der Waals surface area contributed by atoms with Gasteiger partial charge in [-0.1, -0.05) is 19.4 Å². The van der Waals surface area contributed by atoms with Crippen LogP contribution in [0.15, 0.2) is 23.6 Å². The molecule has 0 fully saturated rings. The minimum Gasteiger partial charge on any atom is -0.346 e. The Morgan fingerprint density at radius 2 is 2.40 bits per heavy atom. The molecular formula is C16H19NOS2. The van der Waals surface area contributed by atoms with E-state index in [0.717, 1.165) is 23.6 Å². The largest absolute Gasteiger partial charge is 0.346 e. The van der Waals surface area contributed by atoms with E-state index in [0.29, 0.717) is 6.54 Å². The fraction of sp³-hybridized carbons (Fsp3) is 0.438. The van der Waals surface area contributed by atoms with Gasteiger partial charge in [-0.25, -0.2) is 0 Å². The fourth-order valence-corrected chi connectivity index (χ4v) is 4.50. The highest BCUT2D eigenvalue weighted by atomic mass is 32.1. The van der Waals surface area contributed by atoms with Gasteiger partial charge in [0.05, 0.1) is 11.4 Å². The Morgan fingerprint density at radius 1 is 1.50 bits per heavy atom. The molecule has 2 heterocycles. The Kier molecular flexibility index (Phi) is 4.22. The molecule has 0 bridgehead atoms. The topological polar surface area (TPSA) is 29.1 Å². The average Bonchev–Trinajstić information content (AvgIpc) is 3.12. The molecule has 0 aromatic carbocycles. The van der Waals surface area contributed by atoms with Crippen molar-refractivity contribution in [1.29, 1.82) is 0 Å². The van der Waals surface area contributed by atoms with Crippen LogP contribution in [0.3, 0.4) is 0 Å². The summed E-state index contributed by atoms with van der Waals surface area (Å²) >= 11 is 3.36. The number of rotatable bonds is 4. The van der Waals surface area contributed by atoms with E-state index in [9.17, 15) is 4.79 Å². The lowest BCUT2D eigenvalue weighted by molar-refractivity contribution is 0.0955. The Labute approximate surface area is 127 Å². The quantitative estimate of drug-likeness (QED) is 0.898. The zero-order chi connectivity index (χ0) is 13.9. The second kappa shape index (κ2) is 6.10. The van der Waals surface area contributed by atoms with Gasteiger partial charge in [0, 0.05) is 9.75 Å². The third kappa shape index (κ3) is 2.96. The van der Waals surface area contributed by atoms with Crippen molar-refractivity contribution in [3.8, 4) is 0 Å². The molecule has 4 heteroatoms. The summed E-state index contributed by atoms with van der Waals surface area (Å²) in [6.07, 6.45) is 4.83. The van der Waals surface area contributed by atoms with Gasteiger partial charge in [0.1, 0.15) is 0 Å². The molecule has 1 amide bonds. The number of aryl methyl sites for hydroxylation is 1. The van der Waals surface area contributed by atoms with Gasteiger partial charge in [0.15, 0.2) is 0 Å². The molecule has 2 aromatic heterocycles. The maximum Gasteiger partial charge on any atom is 0.261 e. The van der Waals surface area contributed by atoms with Crippen molar-refractivity contribution >= 4 is 28.6 Å². The number of nitrogens with one attached hydrogen (secondary N) is 1. The standard InChI is InChI=1S/C16H19NOS2/c1-2-11-5-6-14-12(8-11)9-15(20-14)16(18)17-10-13-4-3-7-19-13/h3-4,7,9,11H,2,5-6,8,10H2,1H3,(H,17,18)/t11-/m1/s1. The minimum absolute atomic E-state index is 0.0749. The van der Waals surface area contributed by atoms with Crippen LogP contribution in [0.25, 0.3) is 0 Å². The van der Waals surface area contributed by atoms with Crippen molar-refractivity contribution in [2.75, 3.05) is 0 Å². The molecule has 3 rings (SSSR count). The van der Waals surface area contributed by atoms with Gasteiger partial charge in [0.25, 0.3) is 5.91 Å². The van der Waals surface area contributed by atoms with E-state index in [4.69, 9.17) is 0 Å². The minimum atomic E-state index is 0.0749. The van der Waals surface area contributed by atoms with Crippen LogP contribution in [-0.4, -0.2) is 5.91 Å². The Hall–Kier alpha value is -1.13. The SMILES string of the molecule is CC[C@@H]1CCc2sc(C(=O)NCc3cccs3)cc2C1.